The Bertz CT molecular complexity index is 1440. The smallest absolute Gasteiger partial charge is 0.338 e. The number of allylic oxidation sites excluding steroid dienone is 2. The molecule has 0 amide bonds. The van der Waals surface area contributed by atoms with E-state index in [1.54, 1.807) is 0 Å². The molecule has 0 radical (unpaired) electrons. The number of carbonyl (C=O) groups is 4. The molecule has 0 spiro atoms. The monoisotopic (exact) mass is 674 g/mol. The fraction of sp³-hybridized carbons (Fsp3) is 0.838. The Morgan fingerprint density at radius 1 is 0.812 bits per heavy atom. The van der Waals surface area contributed by atoms with E-state index in [1.165, 1.54) is 0 Å². The summed E-state index contributed by atoms with van der Waals surface area (Å²) in [6.45, 7) is 15.0. The van der Waals surface area contributed by atoms with E-state index in [0.717, 1.165) is 37.7 Å². The molecule has 0 aromatic rings. The van der Waals surface area contributed by atoms with Crippen molar-refractivity contribution in [2.24, 2.45) is 50.2 Å². The van der Waals surface area contributed by atoms with Gasteiger partial charge < -0.3 is 35.0 Å². The second kappa shape index (κ2) is 11.1. The third-order valence-electron chi connectivity index (χ3n) is 15.4. The normalized spacial score (nSPS) is 51.2. The Morgan fingerprint density at radius 3 is 2.06 bits per heavy atom. The number of aliphatic hydroxyl groups is 3. The number of ketones is 1. The van der Waals surface area contributed by atoms with Gasteiger partial charge in [0.2, 0.25) is 0 Å². The lowest BCUT2D eigenvalue weighted by Crippen LogP contribution is -2.67. The van der Waals surface area contributed by atoms with E-state index in [9.17, 15) is 44.7 Å². The van der Waals surface area contributed by atoms with Crippen LogP contribution in [0.5, 0.6) is 0 Å². The van der Waals surface area contributed by atoms with Crippen molar-refractivity contribution in [3.8, 4) is 0 Å². The molecule has 5 N–H and O–H groups in total. The summed E-state index contributed by atoms with van der Waals surface area (Å²) in [5.74, 6) is -3.48. The molecule has 1 heterocycles. The number of hydrogen-bond acceptors (Lipinski definition) is 9. The molecule has 0 unspecified atom stereocenters. The number of carboxylic acids is 2. The first-order valence-corrected chi connectivity index (χ1v) is 17.7. The van der Waals surface area contributed by atoms with Crippen LogP contribution < -0.4 is 0 Å². The predicted molar refractivity (Wildman–Crippen MR) is 171 cm³/mol. The average Bonchev–Trinajstić information content (AvgIpc) is 2.99. The van der Waals surface area contributed by atoms with Crippen LogP contribution in [0.3, 0.4) is 0 Å². The number of hydrogen-bond donors (Lipinski definition) is 5. The molecule has 4 saturated carbocycles. The molecule has 268 valence electrons. The molecule has 5 aliphatic carbocycles. The number of aliphatic hydroxyl groups excluding tert-OH is 3. The van der Waals surface area contributed by atoms with E-state index in [4.69, 9.17) is 9.47 Å². The van der Waals surface area contributed by atoms with E-state index in [0.29, 0.717) is 25.7 Å². The van der Waals surface area contributed by atoms with Crippen LogP contribution in [0.1, 0.15) is 106 Å². The molecule has 5 fully saturated rings. The van der Waals surface area contributed by atoms with Crippen LogP contribution in [0.25, 0.3) is 0 Å². The maximum absolute atomic E-state index is 14.6. The van der Waals surface area contributed by atoms with Crippen LogP contribution in [0.2, 0.25) is 0 Å². The van der Waals surface area contributed by atoms with E-state index in [-0.39, 0.29) is 39.8 Å². The van der Waals surface area contributed by atoms with Crippen molar-refractivity contribution in [1.82, 2.24) is 0 Å². The summed E-state index contributed by atoms with van der Waals surface area (Å²) >= 11 is 0. The van der Waals surface area contributed by atoms with E-state index < -0.39 is 70.8 Å². The molecule has 1 saturated heterocycles. The first-order valence-electron chi connectivity index (χ1n) is 17.7. The number of esters is 1. The number of carbonyl (C=O) groups excluding carboxylic acids is 2. The highest BCUT2D eigenvalue weighted by Gasteiger charge is 2.70. The molecule has 11 heteroatoms. The summed E-state index contributed by atoms with van der Waals surface area (Å²) < 4.78 is 11.2. The summed E-state index contributed by atoms with van der Waals surface area (Å²) in [6, 6.07) is 0. The van der Waals surface area contributed by atoms with Crippen LogP contribution >= 0.6 is 0 Å². The molecule has 0 aromatic heterocycles. The lowest BCUT2D eigenvalue weighted by molar-refractivity contribution is -0.243. The fourth-order valence-electron chi connectivity index (χ4n) is 12.0. The molecule has 0 bridgehead atoms. The second-order valence-electron chi connectivity index (χ2n) is 18.1. The minimum Gasteiger partial charge on any atom is -0.481 e. The standard InChI is InChI=1S/C37H54O11/c1-32(2)21-8-11-37(7)28(20(38)16-18-19-17-34(4,31(45)46)13-12-33(19,3)14-15-36(18,37)6)35(21,5)10-9-22(32)47-30(44)27-25(41)23(39)24(40)26(48-27)29(42)43/h16,19,21-28,39-41H,8-15,17H2,1-7H3,(H,42,43)(H,45,46)/t19-,21-,22-,23-,24-,25+,26-,27+,28+,33+,34-,35-,36+,37+/m0/s1. The van der Waals surface area contributed by atoms with Gasteiger partial charge in [-0.15, -0.1) is 0 Å². The van der Waals surface area contributed by atoms with Gasteiger partial charge >= 0.3 is 17.9 Å². The highest BCUT2D eigenvalue weighted by atomic mass is 16.6. The largest absolute Gasteiger partial charge is 0.481 e. The van der Waals surface area contributed by atoms with Gasteiger partial charge in [-0.05, 0) is 104 Å². The van der Waals surface area contributed by atoms with Crippen molar-refractivity contribution >= 4 is 23.7 Å². The minimum atomic E-state index is -1.91. The molecule has 6 aliphatic rings. The molecule has 14 atom stereocenters. The average molecular weight is 675 g/mol. The maximum Gasteiger partial charge on any atom is 0.338 e. The van der Waals surface area contributed by atoms with Crippen LogP contribution in [-0.2, 0) is 28.7 Å². The zero-order chi connectivity index (χ0) is 35.6. The SMILES string of the molecule is CC1(C)[C@@H](OC(=O)[C@@H]2O[C@H](C(=O)O)[C@@H](O)[C@H](O)[C@H]2O)CC[C@]2(C)[C@H]3C(=O)C=C4[C@@H]5C[C@@](C)(C(=O)O)CC[C@]5(C)CC[C@@]4(C)[C@]3(C)CC[C@@H]12. The summed E-state index contributed by atoms with van der Waals surface area (Å²) in [5.41, 5.74) is -1.35. The number of rotatable bonds is 4. The van der Waals surface area contributed by atoms with Gasteiger partial charge in [-0.25, -0.2) is 9.59 Å². The van der Waals surface area contributed by atoms with Gasteiger partial charge in [-0.3, -0.25) is 9.59 Å². The molecular formula is C37H54O11. The van der Waals surface area contributed by atoms with Crippen molar-refractivity contribution in [3.63, 3.8) is 0 Å². The number of fused-ring (bicyclic) bond motifs is 7. The van der Waals surface area contributed by atoms with E-state index in [2.05, 4.69) is 27.7 Å². The third-order valence-corrected chi connectivity index (χ3v) is 15.4. The minimum absolute atomic E-state index is 0.00709. The number of ether oxygens (including phenoxy) is 2. The van der Waals surface area contributed by atoms with Gasteiger partial charge in [0.15, 0.2) is 18.0 Å². The number of carboxylic acid groups (broad SMARTS) is 2. The molecule has 0 aromatic carbocycles. The number of aliphatic carboxylic acids is 2. The summed E-state index contributed by atoms with van der Waals surface area (Å²) in [4.78, 5) is 52.0. The van der Waals surface area contributed by atoms with Gasteiger partial charge in [0.05, 0.1) is 5.41 Å². The van der Waals surface area contributed by atoms with Crippen molar-refractivity contribution in [2.45, 2.75) is 143 Å². The van der Waals surface area contributed by atoms with Gasteiger partial charge in [-0.2, -0.15) is 0 Å². The van der Waals surface area contributed by atoms with Gasteiger partial charge in [-0.1, -0.05) is 47.1 Å². The zero-order valence-electron chi connectivity index (χ0n) is 29.3. The topological polar surface area (TPSA) is 188 Å². The summed E-state index contributed by atoms with van der Waals surface area (Å²) in [5, 5.41) is 50.4. The molecule has 1 aliphatic heterocycles. The maximum atomic E-state index is 14.6. The Kier molecular flexibility index (Phi) is 8.19. The van der Waals surface area contributed by atoms with Crippen molar-refractivity contribution in [3.05, 3.63) is 11.6 Å². The Hall–Kier alpha value is -2.34. The lowest BCUT2D eigenvalue weighted by Gasteiger charge is -2.70. The third kappa shape index (κ3) is 4.73. The zero-order valence-corrected chi connectivity index (χ0v) is 29.3. The van der Waals surface area contributed by atoms with Crippen molar-refractivity contribution in [1.29, 1.82) is 0 Å². The summed E-state index contributed by atoms with van der Waals surface area (Å²) in [7, 11) is 0. The van der Waals surface area contributed by atoms with Crippen molar-refractivity contribution in [2.75, 3.05) is 0 Å². The van der Waals surface area contributed by atoms with Crippen LogP contribution in [0.4, 0.5) is 0 Å². The first-order chi connectivity index (χ1) is 22.1. The second-order valence-corrected chi connectivity index (χ2v) is 18.1. The molecule has 48 heavy (non-hydrogen) atoms. The van der Waals surface area contributed by atoms with Gasteiger partial charge in [0, 0.05) is 11.3 Å². The van der Waals surface area contributed by atoms with Crippen LogP contribution in [0.15, 0.2) is 11.6 Å². The van der Waals surface area contributed by atoms with Crippen LogP contribution in [-0.4, -0.2) is 85.8 Å². The van der Waals surface area contributed by atoms with E-state index >= 15 is 0 Å². The Morgan fingerprint density at radius 2 is 1.44 bits per heavy atom. The van der Waals surface area contributed by atoms with Gasteiger partial charge in [0.25, 0.3) is 0 Å². The molecule has 6 rings (SSSR count). The van der Waals surface area contributed by atoms with Crippen molar-refractivity contribution < 1.29 is 54.2 Å². The van der Waals surface area contributed by atoms with Crippen LogP contribution in [0, 0.1) is 50.2 Å². The highest BCUT2D eigenvalue weighted by Crippen LogP contribution is 2.75. The lowest BCUT2D eigenvalue weighted by atomic mass is 9.33. The fourth-order valence-corrected chi connectivity index (χ4v) is 12.0. The highest BCUT2D eigenvalue weighted by molar-refractivity contribution is 5.95. The molecule has 11 nitrogen and oxygen atoms in total. The van der Waals surface area contributed by atoms with Gasteiger partial charge in [0.1, 0.15) is 24.4 Å². The molecular weight excluding hydrogens is 620 g/mol. The Labute approximate surface area is 282 Å². The predicted octanol–water partition coefficient (Wildman–Crippen LogP) is 3.90. The van der Waals surface area contributed by atoms with E-state index in [1.807, 2.05) is 26.8 Å². The Balaban J connectivity index is 1.28. The first kappa shape index (κ1) is 35.5. The quantitative estimate of drug-likeness (QED) is 0.272. The summed E-state index contributed by atoms with van der Waals surface area (Å²) in [6.07, 6.45) is -1.51.